The van der Waals surface area contributed by atoms with E-state index in [2.05, 4.69) is 10.3 Å². The fraction of sp³-hybridized carbons (Fsp3) is 0.240. The van der Waals surface area contributed by atoms with Crippen LogP contribution < -0.4 is 10.9 Å². The van der Waals surface area contributed by atoms with E-state index in [4.69, 9.17) is 4.42 Å². The molecule has 0 spiro atoms. The number of aromatic hydroxyl groups is 1. The zero-order valence-electron chi connectivity index (χ0n) is 18.3. The number of phenolic OH excluding ortho intramolecular Hbond substituents is 1. The average molecular weight is 448 g/mol. The van der Waals surface area contributed by atoms with Crippen molar-refractivity contribution in [1.82, 2.24) is 10.3 Å². The third-order valence-electron chi connectivity index (χ3n) is 6.01. The maximum Gasteiger partial charge on any atom is 0.339 e. The molecular weight excluding hydrogens is 424 g/mol. The Balaban J connectivity index is 1.49. The van der Waals surface area contributed by atoms with Crippen LogP contribution >= 0.6 is 0 Å². The van der Waals surface area contributed by atoms with Crippen LogP contribution in [0.15, 0.2) is 51.8 Å². The molecule has 8 heteroatoms. The van der Waals surface area contributed by atoms with Crippen LogP contribution in [0.5, 0.6) is 5.75 Å². The third-order valence-corrected chi connectivity index (χ3v) is 6.01. The van der Waals surface area contributed by atoms with Gasteiger partial charge in [0.05, 0.1) is 0 Å². The first-order chi connectivity index (χ1) is 15.8. The number of rotatable bonds is 7. The minimum absolute atomic E-state index is 0.0343. The minimum atomic E-state index is -1.13. The number of carbonyl (C=O) groups is 2. The van der Waals surface area contributed by atoms with Gasteiger partial charge in [-0.2, -0.15) is 0 Å². The van der Waals surface area contributed by atoms with E-state index in [1.807, 2.05) is 24.3 Å². The smallest absolute Gasteiger partial charge is 0.339 e. The number of benzene rings is 2. The number of amides is 1. The molecule has 4 N–H and O–H groups in total. The van der Waals surface area contributed by atoms with Crippen LogP contribution in [0.1, 0.15) is 28.7 Å². The molecule has 1 amide bonds. The molecule has 2 aromatic heterocycles. The first-order valence-electron chi connectivity index (χ1n) is 10.6. The molecule has 0 aliphatic carbocycles. The van der Waals surface area contributed by atoms with Crippen molar-refractivity contribution in [2.24, 2.45) is 0 Å². The molecule has 0 saturated carbocycles. The highest BCUT2D eigenvalue weighted by Crippen LogP contribution is 2.28. The van der Waals surface area contributed by atoms with Crippen molar-refractivity contribution < 1.29 is 24.2 Å². The van der Waals surface area contributed by atoms with Crippen molar-refractivity contribution >= 4 is 33.7 Å². The molecule has 0 bridgehead atoms. The van der Waals surface area contributed by atoms with Gasteiger partial charge in [0.2, 0.25) is 5.91 Å². The normalized spacial score (nSPS) is 12.2. The van der Waals surface area contributed by atoms with E-state index in [0.29, 0.717) is 27.7 Å². The lowest BCUT2D eigenvalue weighted by Gasteiger charge is -2.15. The summed E-state index contributed by atoms with van der Waals surface area (Å²) in [6.07, 6.45) is 1.92. The summed E-state index contributed by atoms with van der Waals surface area (Å²) in [5.74, 6) is -1.57. The molecule has 4 rings (SSSR count). The second-order valence-electron chi connectivity index (χ2n) is 8.10. The third kappa shape index (κ3) is 4.32. The summed E-state index contributed by atoms with van der Waals surface area (Å²) in [6.45, 7) is 3.42. The molecule has 2 aromatic carbocycles. The van der Waals surface area contributed by atoms with Crippen LogP contribution in [0.25, 0.3) is 21.9 Å². The molecule has 8 nitrogen and oxygen atoms in total. The number of para-hydroxylation sites is 1. The number of aromatic nitrogens is 1. The number of carbonyl (C=O) groups excluding carboxylic acids is 1. The van der Waals surface area contributed by atoms with Crippen molar-refractivity contribution in [1.29, 1.82) is 0 Å². The number of hydrogen-bond donors (Lipinski definition) is 4. The predicted octanol–water partition coefficient (Wildman–Crippen LogP) is 3.34. The summed E-state index contributed by atoms with van der Waals surface area (Å²) in [6, 6.07) is 9.64. The van der Waals surface area contributed by atoms with E-state index in [0.717, 1.165) is 16.5 Å². The van der Waals surface area contributed by atoms with Gasteiger partial charge in [-0.15, -0.1) is 0 Å². The number of carboxylic acids is 1. The largest absolute Gasteiger partial charge is 0.508 e. The molecule has 0 saturated heterocycles. The highest BCUT2D eigenvalue weighted by Gasteiger charge is 2.22. The van der Waals surface area contributed by atoms with Gasteiger partial charge in [0.25, 0.3) is 0 Å². The van der Waals surface area contributed by atoms with Gasteiger partial charge in [-0.05, 0) is 49.6 Å². The number of aryl methyl sites for hydroxylation is 2. The van der Waals surface area contributed by atoms with Crippen LogP contribution in [0.2, 0.25) is 0 Å². The summed E-state index contributed by atoms with van der Waals surface area (Å²) in [5.41, 5.74) is 2.92. The SMILES string of the molecule is Cc1c(CCC(=O)NC(Cc2c[nH]c3ccccc23)C(=O)O)c(=O)oc2c(C)c(O)ccc12. The number of phenols is 1. The number of H-pyrrole nitrogens is 1. The second-order valence-corrected chi connectivity index (χ2v) is 8.10. The Hall–Kier alpha value is -4.07. The fourth-order valence-electron chi connectivity index (χ4n) is 4.09. The van der Waals surface area contributed by atoms with Gasteiger partial charge >= 0.3 is 11.6 Å². The van der Waals surface area contributed by atoms with Crippen LogP contribution in [-0.2, 0) is 22.4 Å². The van der Waals surface area contributed by atoms with Gasteiger partial charge in [-0.25, -0.2) is 9.59 Å². The highest BCUT2D eigenvalue weighted by molar-refractivity contribution is 5.87. The Bertz CT molecular complexity index is 1430. The molecule has 1 unspecified atom stereocenters. The van der Waals surface area contributed by atoms with E-state index >= 15 is 0 Å². The highest BCUT2D eigenvalue weighted by atomic mass is 16.4. The van der Waals surface area contributed by atoms with Crippen LogP contribution in [0, 0.1) is 13.8 Å². The number of nitrogens with one attached hydrogen (secondary N) is 2. The maximum atomic E-state index is 12.6. The van der Waals surface area contributed by atoms with Crippen molar-refractivity contribution in [3.63, 3.8) is 0 Å². The van der Waals surface area contributed by atoms with Crippen LogP contribution in [0.4, 0.5) is 0 Å². The molecule has 2 heterocycles. The summed E-state index contributed by atoms with van der Waals surface area (Å²) in [5, 5.41) is 23.6. The number of carboxylic acid groups (broad SMARTS) is 1. The van der Waals surface area contributed by atoms with Gasteiger partial charge in [0.15, 0.2) is 0 Å². The number of aliphatic carboxylic acids is 1. The Labute approximate surface area is 188 Å². The average Bonchev–Trinajstić information content (AvgIpc) is 3.19. The monoisotopic (exact) mass is 448 g/mol. The second kappa shape index (κ2) is 8.82. The van der Waals surface area contributed by atoms with E-state index in [-0.39, 0.29) is 25.0 Å². The van der Waals surface area contributed by atoms with Crippen molar-refractivity contribution in [2.45, 2.75) is 39.2 Å². The lowest BCUT2D eigenvalue weighted by molar-refractivity contribution is -0.141. The topological polar surface area (TPSA) is 133 Å². The zero-order valence-corrected chi connectivity index (χ0v) is 18.3. The lowest BCUT2D eigenvalue weighted by atomic mass is 10.00. The van der Waals surface area contributed by atoms with E-state index in [1.54, 1.807) is 26.1 Å². The van der Waals surface area contributed by atoms with Crippen molar-refractivity contribution in [2.75, 3.05) is 0 Å². The molecule has 4 aromatic rings. The van der Waals surface area contributed by atoms with Gasteiger partial charge in [-0.1, -0.05) is 18.2 Å². The number of fused-ring (bicyclic) bond motifs is 2. The lowest BCUT2D eigenvalue weighted by Crippen LogP contribution is -2.42. The van der Waals surface area contributed by atoms with Crippen LogP contribution in [-0.4, -0.2) is 33.1 Å². The summed E-state index contributed by atoms with van der Waals surface area (Å²) < 4.78 is 5.40. The molecule has 1 atom stereocenters. The molecule has 0 radical (unpaired) electrons. The first kappa shape index (κ1) is 22.1. The maximum absolute atomic E-state index is 12.6. The molecule has 33 heavy (non-hydrogen) atoms. The quantitative estimate of drug-likeness (QED) is 0.321. The van der Waals surface area contributed by atoms with E-state index in [9.17, 15) is 24.6 Å². The fourth-order valence-corrected chi connectivity index (χ4v) is 4.09. The standard InChI is InChI=1S/C25H24N2O6/c1-13-16-7-9-21(28)14(2)23(16)33-25(32)17(13)8-10-22(29)27-20(24(30)31)11-15-12-26-19-6-4-3-5-18(15)19/h3-7,9,12,20,26,28H,8,10-11H2,1-2H3,(H,27,29)(H,30,31). The first-order valence-corrected chi connectivity index (χ1v) is 10.6. The van der Waals surface area contributed by atoms with Crippen molar-refractivity contribution in [3.05, 3.63) is 75.3 Å². The molecule has 0 aliphatic heterocycles. The molecule has 0 fully saturated rings. The molecule has 170 valence electrons. The minimum Gasteiger partial charge on any atom is -0.508 e. The van der Waals surface area contributed by atoms with Gasteiger partial charge < -0.3 is 24.9 Å². The Kier molecular flexibility index (Phi) is 5.91. The molecule has 0 aliphatic rings. The predicted molar refractivity (Wildman–Crippen MR) is 124 cm³/mol. The van der Waals surface area contributed by atoms with E-state index in [1.165, 1.54) is 6.07 Å². The summed E-state index contributed by atoms with van der Waals surface area (Å²) >= 11 is 0. The summed E-state index contributed by atoms with van der Waals surface area (Å²) in [7, 11) is 0. The summed E-state index contributed by atoms with van der Waals surface area (Å²) in [4.78, 5) is 40.0. The van der Waals surface area contributed by atoms with Gasteiger partial charge in [-0.3, -0.25) is 4.79 Å². The number of aromatic amines is 1. The van der Waals surface area contributed by atoms with Crippen LogP contribution in [0.3, 0.4) is 0 Å². The number of hydrogen-bond acceptors (Lipinski definition) is 5. The van der Waals surface area contributed by atoms with Gasteiger partial charge in [0, 0.05) is 46.5 Å². The van der Waals surface area contributed by atoms with Gasteiger partial charge in [0.1, 0.15) is 17.4 Å². The Morgan fingerprint density at radius 3 is 2.61 bits per heavy atom. The molecular formula is C25H24N2O6. The Morgan fingerprint density at radius 2 is 1.85 bits per heavy atom. The zero-order chi connectivity index (χ0) is 23.7. The Morgan fingerprint density at radius 1 is 1.09 bits per heavy atom. The van der Waals surface area contributed by atoms with E-state index < -0.39 is 23.5 Å². The van der Waals surface area contributed by atoms with Crippen molar-refractivity contribution in [3.8, 4) is 5.75 Å².